The highest BCUT2D eigenvalue weighted by Gasteiger charge is 2.10. The number of hydrogen-bond acceptors (Lipinski definition) is 5. The number of rotatable bonds is 8. The van der Waals surface area contributed by atoms with E-state index >= 15 is 0 Å². The summed E-state index contributed by atoms with van der Waals surface area (Å²) in [6.45, 7) is 0.517. The smallest absolute Gasteiger partial charge is 0.321 e. The van der Waals surface area contributed by atoms with Crippen molar-refractivity contribution >= 4 is 17.7 Å². The summed E-state index contributed by atoms with van der Waals surface area (Å²) in [6, 6.07) is 6.49. The third kappa shape index (κ3) is 5.29. The van der Waals surface area contributed by atoms with Gasteiger partial charge in [-0.2, -0.15) is 11.8 Å². The standard InChI is InChI=1S/C12H17NO4S/c1-16-9-2-4-10(5-3-9)17-6-7-18-8-11(13)12(14)15/h2-5,11H,6-8,13H2,1H3,(H,14,15). The van der Waals surface area contributed by atoms with Gasteiger partial charge in [0.1, 0.15) is 17.5 Å². The summed E-state index contributed by atoms with van der Waals surface area (Å²) in [5.74, 6) is 1.66. The maximum atomic E-state index is 10.5. The summed E-state index contributed by atoms with van der Waals surface area (Å²) in [5.41, 5.74) is 5.37. The zero-order chi connectivity index (χ0) is 13.4. The number of carboxylic acid groups (broad SMARTS) is 1. The lowest BCUT2D eigenvalue weighted by molar-refractivity contribution is -0.137. The van der Waals surface area contributed by atoms with Gasteiger partial charge in [0.15, 0.2) is 0 Å². The van der Waals surface area contributed by atoms with Gasteiger partial charge < -0.3 is 20.3 Å². The van der Waals surface area contributed by atoms with E-state index in [1.54, 1.807) is 7.11 Å². The lowest BCUT2D eigenvalue weighted by atomic mass is 10.3. The molecule has 1 rings (SSSR count). The Morgan fingerprint density at radius 3 is 2.56 bits per heavy atom. The van der Waals surface area contributed by atoms with Crippen LogP contribution in [0.25, 0.3) is 0 Å². The number of carbonyl (C=O) groups is 1. The number of carboxylic acids is 1. The molecule has 18 heavy (non-hydrogen) atoms. The maximum absolute atomic E-state index is 10.5. The largest absolute Gasteiger partial charge is 0.497 e. The highest BCUT2D eigenvalue weighted by molar-refractivity contribution is 7.99. The Labute approximate surface area is 110 Å². The second kappa shape index (κ2) is 7.84. The summed E-state index contributed by atoms with van der Waals surface area (Å²) < 4.78 is 10.5. The van der Waals surface area contributed by atoms with E-state index in [1.807, 2.05) is 24.3 Å². The van der Waals surface area contributed by atoms with Gasteiger partial charge in [-0.05, 0) is 24.3 Å². The van der Waals surface area contributed by atoms with Crippen molar-refractivity contribution in [3.63, 3.8) is 0 Å². The van der Waals surface area contributed by atoms with Crippen LogP contribution in [-0.2, 0) is 4.79 Å². The van der Waals surface area contributed by atoms with Crippen molar-refractivity contribution in [1.29, 1.82) is 0 Å². The molecule has 0 saturated heterocycles. The minimum atomic E-state index is -0.974. The Morgan fingerprint density at radius 2 is 2.00 bits per heavy atom. The highest BCUT2D eigenvalue weighted by Crippen LogP contribution is 2.17. The molecule has 0 aliphatic rings. The van der Waals surface area contributed by atoms with Gasteiger partial charge in [0, 0.05) is 11.5 Å². The summed E-state index contributed by atoms with van der Waals surface area (Å²) in [5, 5.41) is 8.58. The van der Waals surface area contributed by atoms with Crippen LogP contribution in [0.4, 0.5) is 0 Å². The van der Waals surface area contributed by atoms with Crippen molar-refractivity contribution in [1.82, 2.24) is 0 Å². The van der Waals surface area contributed by atoms with Crippen LogP contribution in [0, 0.1) is 0 Å². The molecule has 100 valence electrons. The summed E-state index contributed by atoms with van der Waals surface area (Å²) >= 11 is 1.46. The number of thioether (sulfide) groups is 1. The van der Waals surface area contributed by atoms with Crippen LogP contribution in [0.5, 0.6) is 11.5 Å². The van der Waals surface area contributed by atoms with Gasteiger partial charge in [0.25, 0.3) is 0 Å². The van der Waals surface area contributed by atoms with Gasteiger partial charge in [0.05, 0.1) is 13.7 Å². The predicted molar refractivity (Wildman–Crippen MR) is 71.4 cm³/mol. The first-order chi connectivity index (χ1) is 8.63. The maximum Gasteiger partial charge on any atom is 0.321 e. The van der Waals surface area contributed by atoms with Crippen molar-refractivity contribution in [2.45, 2.75) is 6.04 Å². The Hall–Kier alpha value is -1.40. The Bertz CT molecular complexity index is 369. The average molecular weight is 271 g/mol. The van der Waals surface area contributed by atoms with Gasteiger partial charge in [-0.3, -0.25) is 4.79 Å². The summed E-state index contributed by atoms with van der Waals surface area (Å²) in [7, 11) is 1.61. The van der Waals surface area contributed by atoms with Crippen LogP contribution in [0.1, 0.15) is 0 Å². The third-order valence-electron chi connectivity index (χ3n) is 2.17. The number of benzene rings is 1. The van der Waals surface area contributed by atoms with E-state index < -0.39 is 12.0 Å². The highest BCUT2D eigenvalue weighted by atomic mass is 32.2. The van der Waals surface area contributed by atoms with E-state index in [1.165, 1.54) is 11.8 Å². The first kappa shape index (κ1) is 14.7. The van der Waals surface area contributed by atoms with Gasteiger partial charge >= 0.3 is 5.97 Å². The molecule has 0 aromatic heterocycles. The molecule has 6 heteroatoms. The molecule has 0 spiro atoms. The molecule has 0 aliphatic heterocycles. The van der Waals surface area contributed by atoms with E-state index in [9.17, 15) is 4.79 Å². The minimum absolute atomic E-state index is 0.390. The normalized spacial score (nSPS) is 11.9. The lowest BCUT2D eigenvalue weighted by Gasteiger charge is -2.08. The topological polar surface area (TPSA) is 81.8 Å². The molecule has 1 aromatic rings. The van der Waals surface area contributed by atoms with Crippen molar-refractivity contribution in [3.8, 4) is 11.5 Å². The molecule has 0 amide bonds. The minimum Gasteiger partial charge on any atom is -0.497 e. The zero-order valence-corrected chi connectivity index (χ0v) is 11.0. The van der Waals surface area contributed by atoms with Crippen LogP contribution in [0.3, 0.4) is 0 Å². The van der Waals surface area contributed by atoms with E-state index in [-0.39, 0.29) is 0 Å². The summed E-state index contributed by atoms with van der Waals surface area (Å²) in [4.78, 5) is 10.5. The second-order valence-electron chi connectivity index (χ2n) is 3.54. The predicted octanol–water partition coefficient (Wildman–Crippen LogP) is 1.22. The molecule has 3 N–H and O–H groups in total. The molecular formula is C12H17NO4S. The van der Waals surface area contributed by atoms with Crippen LogP contribution < -0.4 is 15.2 Å². The zero-order valence-electron chi connectivity index (χ0n) is 10.2. The quantitative estimate of drug-likeness (QED) is 0.692. The van der Waals surface area contributed by atoms with Crippen molar-refractivity contribution in [2.24, 2.45) is 5.73 Å². The van der Waals surface area contributed by atoms with Crippen LogP contribution in [0.15, 0.2) is 24.3 Å². The van der Waals surface area contributed by atoms with E-state index in [0.717, 1.165) is 11.5 Å². The van der Waals surface area contributed by atoms with Crippen LogP contribution in [-0.4, -0.2) is 42.3 Å². The first-order valence-corrected chi connectivity index (χ1v) is 6.62. The molecule has 0 saturated carbocycles. The van der Waals surface area contributed by atoms with E-state index in [4.69, 9.17) is 20.3 Å². The van der Waals surface area contributed by atoms with Crippen molar-refractivity contribution in [3.05, 3.63) is 24.3 Å². The molecule has 1 atom stereocenters. The van der Waals surface area contributed by atoms with Gasteiger partial charge in [-0.15, -0.1) is 0 Å². The molecule has 5 nitrogen and oxygen atoms in total. The Morgan fingerprint density at radius 1 is 1.39 bits per heavy atom. The molecular weight excluding hydrogens is 254 g/mol. The van der Waals surface area contributed by atoms with Gasteiger partial charge in [0.2, 0.25) is 0 Å². The fourth-order valence-electron chi connectivity index (χ4n) is 1.17. The third-order valence-corrected chi connectivity index (χ3v) is 3.22. The molecule has 0 radical (unpaired) electrons. The fourth-order valence-corrected chi connectivity index (χ4v) is 1.94. The molecule has 1 unspecified atom stereocenters. The number of aliphatic carboxylic acids is 1. The first-order valence-electron chi connectivity index (χ1n) is 5.46. The number of ether oxygens (including phenoxy) is 2. The van der Waals surface area contributed by atoms with Crippen molar-refractivity contribution in [2.75, 3.05) is 25.2 Å². The van der Waals surface area contributed by atoms with Crippen molar-refractivity contribution < 1.29 is 19.4 Å². The number of methoxy groups -OCH3 is 1. The monoisotopic (exact) mass is 271 g/mol. The van der Waals surface area contributed by atoms with Crippen LogP contribution >= 0.6 is 11.8 Å². The molecule has 0 heterocycles. The number of hydrogen-bond donors (Lipinski definition) is 2. The fraction of sp³-hybridized carbons (Fsp3) is 0.417. The molecule has 0 fully saturated rings. The summed E-state index contributed by atoms with van der Waals surface area (Å²) in [6.07, 6.45) is 0. The Balaban J connectivity index is 2.15. The van der Waals surface area contributed by atoms with E-state index in [2.05, 4.69) is 0 Å². The van der Waals surface area contributed by atoms with Crippen LogP contribution in [0.2, 0.25) is 0 Å². The van der Waals surface area contributed by atoms with Gasteiger partial charge in [-0.1, -0.05) is 0 Å². The molecule has 1 aromatic carbocycles. The lowest BCUT2D eigenvalue weighted by Crippen LogP contribution is -2.32. The van der Waals surface area contributed by atoms with Gasteiger partial charge in [-0.25, -0.2) is 0 Å². The second-order valence-corrected chi connectivity index (χ2v) is 4.69. The molecule has 0 aliphatic carbocycles. The number of nitrogens with two attached hydrogens (primary N) is 1. The Kier molecular flexibility index (Phi) is 6.38. The molecule has 0 bridgehead atoms. The SMILES string of the molecule is COc1ccc(OCCSCC(N)C(=O)O)cc1. The van der Waals surface area contributed by atoms with E-state index in [0.29, 0.717) is 18.1 Å². The average Bonchev–Trinajstić information content (AvgIpc) is 2.38.